The lowest BCUT2D eigenvalue weighted by molar-refractivity contribution is -0.135. The number of piperazine rings is 1. The average Bonchev–Trinajstić information content (AvgIpc) is 3.41. The van der Waals surface area contributed by atoms with Gasteiger partial charge >= 0.3 is 0 Å². The van der Waals surface area contributed by atoms with Crippen molar-refractivity contribution in [1.29, 1.82) is 0 Å². The van der Waals surface area contributed by atoms with Crippen molar-refractivity contribution in [2.75, 3.05) is 32.8 Å². The highest BCUT2D eigenvalue weighted by Gasteiger charge is 2.27. The highest BCUT2D eigenvalue weighted by Crippen LogP contribution is 2.40. The molecule has 0 N–H and O–H groups in total. The molecule has 4 rings (SSSR count). The predicted molar refractivity (Wildman–Crippen MR) is 97.8 cm³/mol. The van der Waals surface area contributed by atoms with Crippen LogP contribution in [0.5, 0.6) is 5.75 Å². The number of amides is 1. The zero-order valence-corrected chi connectivity index (χ0v) is 15.4. The Bertz CT molecular complexity index is 752. The molecule has 2 aromatic rings. The number of hydrogen-bond acceptors (Lipinski definition) is 5. The molecule has 0 atom stereocenters. The number of aromatic nitrogens is 1. The average molecular weight is 375 g/mol. The van der Waals surface area contributed by atoms with Gasteiger partial charge in [0, 0.05) is 37.5 Å². The smallest absolute Gasteiger partial charge is 0.260 e. The largest absolute Gasteiger partial charge is 0.484 e. The Hall–Kier alpha value is -1.99. The lowest BCUT2D eigenvalue weighted by Crippen LogP contribution is -2.49. The summed E-state index contributed by atoms with van der Waals surface area (Å²) < 4.78 is 18.3. The Morgan fingerprint density at radius 2 is 1.92 bits per heavy atom. The first-order chi connectivity index (χ1) is 12.7. The first kappa shape index (κ1) is 17.4. The fourth-order valence-electron chi connectivity index (χ4n) is 3.08. The highest BCUT2D eigenvalue weighted by molar-refractivity contribution is 7.09. The van der Waals surface area contributed by atoms with Crippen molar-refractivity contribution in [2.45, 2.75) is 25.3 Å². The maximum absolute atomic E-state index is 12.9. The minimum Gasteiger partial charge on any atom is -0.484 e. The molecule has 5 nitrogen and oxygen atoms in total. The number of benzene rings is 1. The van der Waals surface area contributed by atoms with E-state index in [4.69, 9.17) is 9.72 Å². The van der Waals surface area contributed by atoms with Crippen molar-refractivity contribution >= 4 is 17.2 Å². The summed E-state index contributed by atoms with van der Waals surface area (Å²) in [5.41, 5.74) is 1.26. The summed E-state index contributed by atoms with van der Waals surface area (Å²) in [5.74, 6) is 0.868. The molecule has 1 aliphatic carbocycles. The molecule has 1 aromatic carbocycles. The van der Waals surface area contributed by atoms with Gasteiger partial charge in [0.25, 0.3) is 5.91 Å². The summed E-state index contributed by atoms with van der Waals surface area (Å²) in [6.07, 6.45) is 2.56. The first-order valence-electron chi connectivity index (χ1n) is 9.00. The normalized spacial score (nSPS) is 18.1. The second kappa shape index (κ2) is 7.72. The van der Waals surface area contributed by atoms with Crippen LogP contribution in [0.2, 0.25) is 0 Å². The molecule has 1 saturated carbocycles. The molecular weight excluding hydrogens is 353 g/mol. The third kappa shape index (κ3) is 4.40. The van der Waals surface area contributed by atoms with E-state index in [9.17, 15) is 9.18 Å². The first-order valence-corrected chi connectivity index (χ1v) is 9.88. The topological polar surface area (TPSA) is 45.7 Å². The van der Waals surface area contributed by atoms with Gasteiger partial charge in [-0.15, -0.1) is 11.3 Å². The van der Waals surface area contributed by atoms with Crippen molar-refractivity contribution in [3.8, 4) is 5.75 Å². The fourth-order valence-corrected chi connectivity index (χ4v) is 4.00. The third-order valence-corrected chi connectivity index (χ3v) is 5.68. The number of rotatable bonds is 6. The van der Waals surface area contributed by atoms with E-state index >= 15 is 0 Å². The molecule has 2 heterocycles. The summed E-state index contributed by atoms with van der Waals surface area (Å²) in [4.78, 5) is 21.2. The molecule has 0 bridgehead atoms. The van der Waals surface area contributed by atoms with E-state index in [0.717, 1.165) is 19.6 Å². The van der Waals surface area contributed by atoms with Gasteiger partial charge in [-0.05, 0) is 37.1 Å². The van der Waals surface area contributed by atoms with Crippen LogP contribution in [0.3, 0.4) is 0 Å². The molecule has 0 spiro atoms. The lowest BCUT2D eigenvalue weighted by atomic mass is 10.3. The number of thiazole rings is 1. The van der Waals surface area contributed by atoms with Gasteiger partial charge in [0.05, 0.1) is 12.2 Å². The zero-order chi connectivity index (χ0) is 17.9. The Labute approximate surface area is 156 Å². The van der Waals surface area contributed by atoms with Gasteiger partial charge in [-0.3, -0.25) is 9.69 Å². The molecule has 1 aromatic heterocycles. The van der Waals surface area contributed by atoms with Crippen molar-refractivity contribution in [3.63, 3.8) is 0 Å². The molecule has 2 fully saturated rings. The maximum atomic E-state index is 12.9. The molecule has 1 aliphatic heterocycles. The van der Waals surface area contributed by atoms with Gasteiger partial charge < -0.3 is 9.64 Å². The second-order valence-corrected chi connectivity index (χ2v) is 7.78. The highest BCUT2D eigenvalue weighted by atomic mass is 32.1. The maximum Gasteiger partial charge on any atom is 0.260 e. The summed E-state index contributed by atoms with van der Waals surface area (Å²) in [5, 5.41) is 3.37. The molecule has 1 amide bonds. The van der Waals surface area contributed by atoms with Crippen LogP contribution in [0, 0.1) is 5.82 Å². The van der Waals surface area contributed by atoms with Crippen LogP contribution in [-0.4, -0.2) is 53.5 Å². The number of ether oxygens (including phenoxy) is 1. The molecule has 138 valence electrons. The minimum absolute atomic E-state index is 0.0111. The van der Waals surface area contributed by atoms with Gasteiger partial charge in [0.1, 0.15) is 16.6 Å². The fraction of sp³-hybridized carbons (Fsp3) is 0.474. The van der Waals surface area contributed by atoms with Crippen LogP contribution in [0.25, 0.3) is 0 Å². The summed E-state index contributed by atoms with van der Waals surface area (Å²) in [6, 6.07) is 5.71. The number of carbonyl (C=O) groups is 1. The van der Waals surface area contributed by atoms with Crippen LogP contribution in [0.15, 0.2) is 29.6 Å². The molecule has 26 heavy (non-hydrogen) atoms. The van der Waals surface area contributed by atoms with Crippen LogP contribution in [0.1, 0.15) is 29.5 Å². The van der Waals surface area contributed by atoms with Crippen molar-refractivity contribution in [2.24, 2.45) is 0 Å². The van der Waals surface area contributed by atoms with Gasteiger partial charge in [-0.25, -0.2) is 9.37 Å². The second-order valence-electron chi connectivity index (χ2n) is 6.84. The van der Waals surface area contributed by atoms with Gasteiger partial charge in [0.2, 0.25) is 0 Å². The number of halogens is 1. The van der Waals surface area contributed by atoms with E-state index in [1.807, 2.05) is 4.90 Å². The Kier molecular flexibility index (Phi) is 5.17. The predicted octanol–water partition coefficient (Wildman–Crippen LogP) is 2.88. The summed E-state index contributed by atoms with van der Waals surface area (Å²) in [6.45, 7) is 3.95. The van der Waals surface area contributed by atoms with Crippen molar-refractivity contribution in [3.05, 3.63) is 46.2 Å². The third-order valence-electron chi connectivity index (χ3n) is 4.82. The number of carbonyl (C=O) groups excluding carboxylic acids is 1. The number of nitrogens with zero attached hydrogens (tertiary/aromatic N) is 3. The quantitative estimate of drug-likeness (QED) is 0.779. The van der Waals surface area contributed by atoms with Crippen LogP contribution < -0.4 is 4.74 Å². The lowest BCUT2D eigenvalue weighted by Gasteiger charge is -2.34. The van der Waals surface area contributed by atoms with Gasteiger partial charge in [-0.2, -0.15) is 0 Å². The van der Waals surface area contributed by atoms with E-state index in [1.54, 1.807) is 11.3 Å². The van der Waals surface area contributed by atoms with Crippen LogP contribution in [0.4, 0.5) is 4.39 Å². The number of hydrogen-bond donors (Lipinski definition) is 0. The van der Waals surface area contributed by atoms with E-state index in [-0.39, 0.29) is 18.3 Å². The molecular formula is C19H22FN3O2S. The van der Waals surface area contributed by atoms with Crippen molar-refractivity contribution < 1.29 is 13.9 Å². The Morgan fingerprint density at radius 1 is 1.19 bits per heavy atom. The Morgan fingerprint density at radius 3 is 2.62 bits per heavy atom. The van der Waals surface area contributed by atoms with Gasteiger partial charge in [0.15, 0.2) is 6.61 Å². The molecule has 7 heteroatoms. The zero-order valence-electron chi connectivity index (χ0n) is 14.6. The summed E-state index contributed by atoms with van der Waals surface area (Å²) in [7, 11) is 0. The van der Waals surface area contributed by atoms with Gasteiger partial charge in [-0.1, -0.05) is 0 Å². The van der Waals surface area contributed by atoms with Crippen LogP contribution >= 0.6 is 11.3 Å². The SMILES string of the molecule is O=C(COc1ccc(F)cc1)N1CCN(Cc2nc(C3CC3)cs2)CC1. The molecule has 1 saturated heterocycles. The Balaban J connectivity index is 1.21. The van der Waals surface area contributed by atoms with E-state index < -0.39 is 0 Å². The van der Waals surface area contributed by atoms with E-state index in [1.165, 1.54) is 47.8 Å². The van der Waals surface area contributed by atoms with E-state index in [0.29, 0.717) is 24.8 Å². The molecule has 0 radical (unpaired) electrons. The summed E-state index contributed by atoms with van der Waals surface area (Å²) >= 11 is 1.75. The monoisotopic (exact) mass is 375 g/mol. The minimum atomic E-state index is -0.315. The van der Waals surface area contributed by atoms with Crippen LogP contribution in [-0.2, 0) is 11.3 Å². The van der Waals surface area contributed by atoms with Crippen molar-refractivity contribution in [1.82, 2.24) is 14.8 Å². The molecule has 0 unspecified atom stereocenters. The van der Waals surface area contributed by atoms with E-state index in [2.05, 4.69) is 10.3 Å². The molecule has 2 aliphatic rings. The standard InChI is InChI=1S/C19H22FN3O2S/c20-15-3-5-16(6-4-15)25-12-19(24)23-9-7-22(8-10-23)11-18-21-17(13-26-18)14-1-2-14/h3-6,13-14H,1-2,7-12H2.